The van der Waals surface area contributed by atoms with E-state index in [-0.39, 0.29) is 5.78 Å². The molecule has 0 N–H and O–H groups in total. The van der Waals surface area contributed by atoms with E-state index in [1.807, 2.05) is 18.2 Å². The molecule has 124 valence electrons. The van der Waals surface area contributed by atoms with Crippen molar-refractivity contribution in [3.63, 3.8) is 0 Å². The van der Waals surface area contributed by atoms with Gasteiger partial charge in [0.2, 0.25) is 0 Å². The van der Waals surface area contributed by atoms with Crippen molar-refractivity contribution in [1.82, 2.24) is 5.16 Å². The van der Waals surface area contributed by atoms with Crippen LogP contribution in [0.1, 0.15) is 17.3 Å². The SMILES string of the molecule is CC(=O)c1cc(Cl)ccc1Br.Clc1ccc(Br)c(-c2ccno2)c1. The highest BCUT2D eigenvalue weighted by Gasteiger charge is 2.06. The Labute approximate surface area is 166 Å². The van der Waals surface area contributed by atoms with E-state index in [4.69, 9.17) is 27.7 Å². The molecular formula is C17H11Br2Cl2NO2. The normalized spacial score (nSPS) is 10.0. The van der Waals surface area contributed by atoms with Crippen molar-refractivity contribution >= 4 is 60.8 Å². The maximum Gasteiger partial charge on any atom is 0.168 e. The van der Waals surface area contributed by atoms with Crippen LogP contribution in [0.2, 0.25) is 10.0 Å². The van der Waals surface area contributed by atoms with Crippen molar-refractivity contribution in [2.24, 2.45) is 0 Å². The third kappa shape index (κ3) is 5.18. The van der Waals surface area contributed by atoms with Gasteiger partial charge in [0.1, 0.15) is 0 Å². The molecule has 0 radical (unpaired) electrons. The fourth-order valence-electron chi connectivity index (χ4n) is 1.81. The van der Waals surface area contributed by atoms with E-state index in [0.717, 1.165) is 14.5 Å². The summed E-state index contributed by atoms with van der Waals surface area (Å²) in [5, 5.41) is 4.89. The van der Waals surface area contributed by atoms with E-state index in [1.54, 1.807) is 30.5 Å². The van der Waals surface area contributed by atoms with Gasteiger partial charge >= 0.3 is 0 Å². The van der Waals surface area contributed by atoms with Gasteiger partial charge in [0.25, 0.3) is 0 Å². The average molecular weight is 492 g/mol. The second kappa shape index (κ2) is 8.81. The van der Waals surface area contributed by atoms with Gasteiger partial charge in [0.15, 0.2) is 11.5 Å². The molecule has 0 saturated heterocycles. The fourth-order valence-corrected chi connectivity index (χ4v) is 3.12. The summed E-state index contributed by atoms with van der Waals surface area (Å²) < 4.78 is 6.74. The Hall–Kier alpha value is -1.14. The Kier molecular flexibility index (Phi) is 7.04. The van der Waals surface area contributed by atoms with Crippen LogP contribution in [0.5, 0.6) is 0 Å². The van der Waals surface area contributed by atoms with Crippen LogP contribution in [-0.4, -0.2) is 10.9 Å². The molecule has 0 bridgehead atoms. The molecule has 0 aliphatic heterocycles. The van der Waals surface area contributed by atoms with Crippen LogP contribution in [0.15, 0.2) is 62.1 Å². The maximum absolute atomic E-state index is 10.9. The molecule has 3 rings (SSSR count). The Balaban J connectivity index is 0.000000177. The third-order valence-electron chi connectivity index (χ3n) is 2.94. The zero-order valence-corrected chi connectivity index (χ0v) is 17.1. The molecule has 1 aromatic heterocycles. The number of carbonyl (C=O) groups excluding carboxylic acids is 1. The van der Waals surface area contributed by atoms with Crippen LogP contribution in [0, 0.1) is 0 Å². The predicted molar refractivity (Wildman–Crippen MR) is 104 cm³/mol. The van der Waals surface area contributed by atoms with Crippen molar-refractivity contribution in [1.29, 1.82) is 0 Å². The van der Waals surface area contributed by atoms with Crippen LogP contribution in [0.3, 0.4) is 0 Å². The van der Waals surface area contributed by atoms with Crippen molar-refractivity contribution in [2.45, 2.75) is 6.92 Å². The number of rotatable bonds is 2. The zero-order valence-electron chi connectivity index (χ0n) is 12.4. The molecule has 2 aromatic carbocycles. The smallest absolute Gasteiger partial charge is 0.168 e. The van der Waals surface area contributed by atoms with Crippen LogP contribution in [-0.2, 0) is 0 Å². The first-order valence-electron chi connectivity index (χ1n) is 6.70. The van der Waals surface area contributed by atoms with Gasteiger partial charge in [-0.3, -0.25) is 4.79 Å². The van der Waals surface area contributed by atoms with E-state index in [2.05, 4.69) is 37.0 Å². The second-order valence-corrected chi connectivity index (χ2v) is 7.26. The lowest BCUT2D eigenvalue weighted by atomic mass is 10.1. The van der Waals surface area contributed by atoms with Gasteiger partial charge in [0.05, 0.1) is 6.20 Å². The van der Waals surface area contributed by atoms with Gasteiger partial charge in [-0.05, 0) is 43.3 Å². The Morgan fingerprint density at radius 1 is 1.00 bits per heavy atom. The summed E-state index contributed by atoms with van der Waals surface area (Å²) in [6.07, 6.45) is 1.60. The quantitative estimate of drug-likeness (QED) is 0.360. The molecular weight excluding hydrogens is 481 g/mol. The molecule has 0 aliphatic carbocycles. The number of carbonyl (C=O) groups is 1. The van der Waals surface area contributed by atoms with Crippen LogP contribution >= 0.6 is 55.1 Å². The van der Waals surface area contributed by atoms with Gasteiger partial charge < -0.3 is 4.52 Å². The zero-order chi connectivity index (χ0) is 17.7. The van der Waals surface area contributed by atoms with E-state index in [9.17, 15) is 4.79 Å². The Morgan fingerprint density at radius 3 is 2.17 bits per heavy atom. The lowest BCUT2D eigenvalue weighted by Crippen LogP contribution is -1.92. The Bertz CT molecular complexity index is 852. The number of ketones is 1. The third-order valence-corrected chi connectivity index (χ3v) is 4.79. The first-order valence-corrected chi connectivity index (χ1v) is 9.04. The van der Waals surface area contributed by atoms with Gasteiger partial charge in [-0.1, -0.05) is 60.2 Å². The molecule has 24 heavy (non-hydrogen) atoms. The fraction of sp³-hybridized carbons (Fsp3) is 0.0588. The molecule has 0 saturated carbocycles. The lowest BCUT2D eigenvalue weighted by molar-refractivity contribution is 0.101. The monoisotopic (exact) mass is 489 g/mol. The highest BCUT2D eigenvalue weighted by Crippen LogP contribution is 2.30. The van der Waals surface area contributed by atoms with Crippen molar-refractivity contribution in [3.05, 3.63) is 73.2 Å². The lowest BCUT2D eigenvalue weighted by Gasteiger charge is -1.99. The molecule has 3 nitrogen and oxygen atoms in total. The van der Waals surface area contributed by atoms with Crippen LogP contribution in [0.25, 0.3) is 11.3 Å². The molecule has 3 aromatic rings. The minimum atomic E-state index is 0.0133. The van der Waals surface area contributed by atoms with Gasteiger partial charge in [-0.15, -0.1) is 0 Å². The summed E-state index contributed by atoms with van der Waals surface area (Å²) >= 11 is 18.2. The van der Waals surface area contributed by atoms with E-state index < -0.39 is 0 Å². The van der Waals surface area contributed by atoms with Crippen molar-refractivity contribution in [3.8, 4) is 11.3 Å². The minimum absolute atomic E-state index is 0.0133. The highest BCUT2D eigenvalue weighted by atomic mass is 79.9. The van der Waals surface area contributed by atoms with E-state index in [0.29, 0.717) is 21.4 Å². The standard InChI is InChI=1S/C9H5BrClNO.C8H6BrClO/c10-8-2-1-6(11)5-7(8)9-3-4-12-13-9;1-5(11)7-4-6(10)2-3-8(7)9/h1-5H;2-4H,1H3. The highest BCUT2D eigenvalue weighted by molar-refractivity contribution is 9.10. The molecule has 1 heterocycles. The molecule has 0 atom stereocenters. The first kappa shape index (κ1) is 19.2. The Morgan fingerprint density at radius 2 is 1.62 bits per heavy atom. The van der Waals surface area contributed by atoms with Gasteiger partial charge in [-0.25, -0.2) is 0 Å². The summed E-state index contributed by atoms with van der Waals surface area (Å²) in [5.41, 5.74) is 1.53. The van der Waals surface area contributed by atoms with Crippen molar-refractivity contribution in [2.75, 3.05) is 0 Å². The maximum atomic E-state index is 10.9. The number of benzene rings is 2. The molecule has 0 spiro atoms. The van der Waals surface area contributed by atoms with E-state index in [1.165, 1.54) is 6.92 Å². The minimum Gasteiger partial charge on any atom is -0.356 e. The first-order chi connectivity index (χ1) is 11.4. The summed E-state index contributed by atoms with van der Waals surface area (Å²) in [4.78, 5) is 10.9. The predicted octanol–water partition coefficient (Wildman–Crippen LogP) is 7.06. The molecule has 0 aliphatic rings. The summed E-state index contributed by atoms with van der Waals surface area (Å²) in [6.45, 7) is 1.51. The van der Waals surface area contributed by atoms with Crippen LogP contribution in [0.4, 0.5) is 0 Å². The average Bonchev–Trinajstić information content (AvgIpc) is 3.07. The topological polar surface area (TPSA) is 43.1 Å². The molecule has 0 amide bonds. The van der Waals surface area contributed by atoms with E-state index >= 15 is 0 Å². The number of Topliss-reactive ketones (excluding diaryl/α,β-unsaturated/α-hetero) is 1. The van der Waals surface area contributed by atoms with Crippen LogP contribution < -0.4 is 0 Å². The summed E-state index contributed by atoms with van der Waals surface area (Å²) in [6, 6.07) is 12.4. The summed E-state index contributed by atoms with van der Waals surface area (Å²) in [7, 11) is 0. The number of nitrogens with zero attached hydrogens (tertiary/aromatic N) is 1. The second-order valence-electron chi connectivity index (χ2n) is 4.68. The number of hydrogen-bond acceptors (Lipinski definition) is 3. The molecule has 0 unspecified atom stereocenters. The number of hydrogen-bond donors (Lipinski definition) is 0. The van der Waals surface area contributed by atoms with Gasteiger partial charge in [-0.2, -0.15) is 0 Å². The molecule has 0 fully saturated rings. The summed E-state index contributed by atoms with van der Waals surface area (Å²) in [5.74, 6) is 0.716. The number of aromatic nitrogens is 1. The largest absolute Gasteiger partial charge is 0.356 e. The number of halogens is 4. The van der Waals surface area contributed by atoms with Crippen molar-refractivity contribution < 1.29 is 9.32 Å². The molecule has 7 heteroatoms. The van der Waals surface area contributed by atoms with Gasteiger partial charge in [0, 0.05) is 36.2 Å².